The summed E-state index contributed by atoms with van der Waals surface area (Å²) in [7, 11) is 0. The molecule has 0 unspecified atom stereocenters. The predicted molar refractivity (Wildman–Crippen MR) is 208 cm³/mol. The molecule has 1 heterocycles. The average molecular weight is 837 g/mol. The Morgan fingerprint density at radius 3 is 1.38 bits per heavy atom. The Bertz CT molecular complexity index is 1610. The van der Waals surface area contributed by atoms with Crippen LogP contribution in [0.15, 0.2) is 83.2 Å². The van der Waals surface area contributed by atoms with Crippen LogP contribution in [0.5, 0.6) is 0 Å². The van der Waals surface area contributed by atoms with E-state index in [4.69, 9.17) is 0 Å². The van der Waals surface area contributed by atoms with Gasteiger partial charge >= 0.3 is 134 Å². The number of hydrogen-bond donors (Lipinski definition) is 0. The summed E-state index contributed by atoms with van der Waals surface area (Å²) in [4.78, 5) is 0. The normalized spacial score (nSPS) is 13.1. The molecule has 2 nitrogen and oxygen atoms in total. The van der Waals surface area contributed by atoms with Crippen LogP contribution in [-0.2, 0) is 19.5 Å². The summed E-state index contributed by atoms with van der Waals surface area (Å²) in [6, 6.07) is 17.6. The molecule has 3 aromatic carbocycles. The number of aromatic nitrogens is 2. The van der Waals surface area contributed by atoms with Crippen molar-refractivity contribution < 1.29 is 24.0 Å². The number of aryl methyl sites for hydroxylation is 4. The third kappa shape index (κ3) is 9.72. The molecule has 0 spiro atoms. The van der Waals surface area contributed by atoms with Crippen LogP contribution in [0.4, 0.5) is 0 Å². The zero-order valence-electron chi connectivity index (χ0n) is 32.3. The Labute approximate surface area is 320 Å². The van der Waals surface area contributed by atoms with Crippen molar-refractivity contribution in [3.05, 3.63) is 134 Å². The Hall–Kier alpha value is -2.23. The van der Waals surface area contributed by atoms with Crippen LogP contribution in [0, 0.1) is 39.9 Å². The minimum absolute atomic E-state index is 0. The molecule has 0 fully saturated rings. The van der Waals surface area contributed by atoms with Crippen molar-refractivity contribution >= 4 is 26.1 Å². The molecule has 4 heteroatoms. The number of para-hydroxylation sites is 2. The number of allylic oxidation sites excluding steroid dienone is 4. The predicted octanol–water partition coefficient (Wildman–Crippen LogP) is 10.4. The molecule has 5 rings (SSSR count). The SMILES string of the molecule is CC(C)c1cc(C(C)C)[c]([Sn-])c(C(C)C)c1.C[C]1C(C)=C(C)C(C)=C1C.Cc1cccc(C)c1-n1[c-][n+](-c2c(C)cccc2C)cc1.[RuH2]. The van der Waals surface area contributed by atoms with E-state index in [2.05, 4.69) is 180 Å². The molecule has 0 saturated carbocycles. The van der Waals surface area contributed by atoms with Gasteiger partial charge in [-0.1, -0.05) is 54.5 Å². The summed E-state index contributed by atoms with van der Waals surface area (Å²) in [5.41, 5.74) is 18.0. The van der Waals surface area contributed by atoms with Gasteiger partial charge in [0.1, 0.15) is 0 Å². The molecule has 3 radical (unpaired) electrons. The summed E-state index contributed by atoms with van der Waals surface area (Å²) in [6.07, 6.45) is 7.58. The van der Waals surface area contributed by atoms with Crippen molar-refractivity contribution in [1.82, 2.24) is 4.57 Å². The Kier molecular flexibility index (Phi) is 15.8. The van der Waals surface area contributed by atoms with Crippen LogP contribution < -0.4 is 8.15 Å². The second-order valence-electron chi connectivity index (χ2n) is 14.3. The molecular formula is C44H60N2RuSn-. The maximum atomic E-state index is 3.44. The van der Waals surface area contributed by atoms with Crippen molar-refractivity contribution in [3.8, 4) is 11.4 Å². The van der Waals surface area contributed by atoms with Crippen molar-refractivity contribution in [2.75, 3.05) is 0 Å². The fourth-order valence-corrected chi connectivity index (χ4v) is 8.36. The zero-order chi connectivity index (χ0) is 35.3. The van der Waals surface area contributed by atoms with Crippen LogP contribution >= 0.6 is 0 Å². The van der Waals surface area contributed by atoms with Gasteiger partial charge < -0.3 is 0 Å². The van der Waals surface area contributed by atoms with Crippen molar-refractivity contribution in [3.63, 3.8) is 0 Å². The molecule has 0 atom stereocenters. The van der Waals surface area contributed by atoms with Crippen molar-refractivity contribution in [2.24, 2.45) is 0 Å². The third-order valence-electron chi connectivity index (χ3n) is 9.89. The molecule has 0 bridgehead atoms. The first-order valence-corrected chi connectivity index (χ1v) is 18.6. The van der Waals surface area contributed by atoms with Gasteiger partial charge in [0.2, 0.25) is 0 Å². The van der Waals surface area contributed by atoms with Crippen LogP contribution in [0.2, 0.25) is 0 Å². The van der Waals surface area contributed by atoms with E-state index in [-0.39, 0.29) is 19.5 Å². The van der Waals surface area contributed by atoms with Gasteiger partial charge in [-0.15, -0.1) is 0 Å². The number of rotatable bonds is 5. The topological polar surface area (TPSA) is 8.81 Å². The van der Waals surface area contributed by atoms with E-state index in [0.717, 1.165) is 0 Å². The summed E-state index contributed by atoms with van der Waals surface area (Å²) in [5.74, 6) is 3.39. The molecule has 0 aliphatic heterocycles. The van der Waals surface area contributed by atoms with E-state index in [0.29, 0.717) is 17.8 Å². The van der Waals surface area contributed by atoms with E-state index < -0.39 is 0 Å². The number of benzene rings is 3. The molecule has 0 N–H and O–H groups in total. The summed E-state index contributed by atoms with van der Waals surface area (Å²) in [6.45, 7) is 33.3. The fraction of sp³-hybridized carbons (Fsp3) is 0.409. The van der Waals surface area contributed by atoms with Gasteiger partial charge in [-0.3, -0.25) is 9.13 Å². The number of nitrogens with zero attached hydrogens (tertiary/aromatic N) is 2. The Morgan fingerprint density at radius 1 is 0.604 bits per heavy atom. The van der Waals surface area contributed by atoms with Crippen LogP contribution in [0.25, 0.3) is 11.4 Å². The van der Waals surface area contributed by atoms with Gasteiger partial charge in [0, 0.05) is 18.3 Å². The first kappa shape index (κ1) is 41.9. The first-order chi connectivity index (χ1) is 22.0. The quantitative estimate of drug-likeness (QED) is 0.108. The Morgan fingerprint density at radius 2 is 1.02 bits per heavy atom. The van der Waals surface area contributed by atoms with Gasteiger partial charge in [0.25, 0.3) is 6.33 Å². The van der Waals surface area contributed by atoms with Gasteiger partial charge in [-0.2, -0.15) is 0 Å². The molecule has 1 aliphatic rings. The van der Waals surface area contributed by atoms with E-state index in [1.165, 1.54) is 67.4 Å². The number of imidazole rings is 1. The molecule has 259 valence electrons. The third-order valence-corrected chi connectivity index (χ3v) is 11.5. The van der Waals surface area contributed by atoms with Crippen molar-refractivity contribution in [2.45, 2.75) is 122 Å². The van der Waals surface area contributed by atoms with E-state index in [1.807, 2.05) is 0 Å². The fourth-order valence-electron chi connectivity index (χ4n) is 6.30. The van der Waals surface area contributed by atoms with Crippen molar-refractivity contribution in [1.29, 1.82) is 0 Å². The second kappa shape index (κ2) is 18.1. The van der Waals surface area contributed by atoms with Gasteiger partial charge in [0.15, 0.2) is 0 Å². The average Bonchev–Trinajstić information content (AvgIpc) is 3.53. The van der Waals surface area contributed by atoms with Gasteiger partial charge in [0.05, 0.1) is 11.4 Å². The van der Waals surface area contributed by atoms with Gasteiger partial charge in [-0.05, 0) is 88.8 Å². The van der Waals surface area contributed by atoms with Crippen LogP contribution in [0.3, 0.4) is 0 Å². The van der Waals surface area contributed by atoms with Crippen LogP contribution in [0.1, 0.15) is 133 Å². The number of hydrogen-bond acceptors (Lipinski definition) is 0. The molecule has 1 aliphatic carbocycles. The second-order valence-corrected chi connectivity index (χ2v) is 15.7. The summed E-state index contributed by atoms with van der Waals surface area (Å²) < 4.78 is 5.74. The molecule has 1 aromatic heterocycles. The molecule has 0 saturated heterocycles. The van der Waals surface area contributed by atoms with E-state index in [1.54, 1.807) is 37.2 Å². The molecule has 4 aromatic rings. The molecular weight excluding hydrogens is 776 g/mol. The Balaban J connectivity index is 0.000000264. The molecule has 48 heavy (non-hydrogen) atoms. The standard InChI is InChI=1S/C19H20N2.C15H23.C10H15.Ru.Sn.2H/c1-14-7-5-8-15(2)18(14)20-11-12-21(13-20)19-16(3)9-6-10-17(19)4;1-10(2)13-7-14(11(3)4)9-15(8-13)12(5)6;1-6-7(2)9(4)10(5)8(6)3;;;;/h5-12H,1-4H3;7-8,10-12H,1-6H3;1-5H3;;;;/q;;;;-1;;. The monoisotopic (exact) mass is 838 g/mol. The van der Waals surface area contributed by atoms with E-state index in [9.17, 15) is 0 Å². The summed E-state index contributed by atoms with van der Waals surface area (Å²) >= 11 is 1.56. The minimum atomic E-state index is 0. The van der Waals surface area contributed by atoms with Crippen LogP contribution in [-0.4, -0.2) is 27.1 Å². The summed E-state index contributed by atoms with van der Waals surface area (Å²) in [5, 5.41) is 0. The first-order valence-electron chi connectivity index (χ1n) is 17.2. The van der Waals surface area contributed by atoms with E-state index >= 15 is 0 Å². The van der Waals surface area contributed by atoms with Gasteiger partial charge in [-0.25, -0.2) is 0 Å². The maximum absolute atomic E-state index is 3.44. The zero-order valence-corrected chi connectivity index (χ0v) is 37.2. The molecule has 0 amide bonds.